The van der Waals surface area contributed by atoms with Crippen LogP contribution in [-0.2, 0) is 19.1 Å². The molecule has 0 amide bonds. The summed E-state index contributed by atoms with van der Waals surface area (Å²) in [6, 6.07) is -1.14. The van der Waals surface area contributed by atoms with Crippen LogP contribution in [0, 0.1) is 0 Å². The molecule has 0 spiro atoms. The van der Waals surface area contributed by atoms with Gasteiger partial charge in [0.2, 0.25) is 0 Å². The molecule has 2 atom stereocenters. The minimum absolute atomic E-state index is 0.395. The molecule has 0 unspecified atom stereocenters. The molecule has 0 radical (unpaired) electrons. The van der Waals surface area contributed by atoms with Gasteiger partial charge in [-0.15, -0.1) is 0 Å². The molecule has 0 aliphatic carbocycles. The second-order valence-electron chi connectivity index (χ2n) is 3.48. The number of hydrogen-bond donors (Lipinski definition) is 2. The Balaban J connectivity index is 3.46. The lowest BCUT2D eigenvalue weighted by Crippen LogP contribution is -2.32. The summed E-state index contributed by atoms with van der Waals surface area (Å²) in [5.41, 5.74) is 11.1. The molecule has 0 aromatic carbocycles. The third kappa shape index (κ3) is 7.80. The predicted octanol–water partition coefficient (Wildman–Crippen LogP) is 0.149. The molecule has 0 saturated heterocycles. The normalized spacial score (nSPS) is 13.8. The number of hydrogen-bond acceptors (Lipinski definition) is 8. The molecule has 0 aromatic rings. The lowest BCUT2D eigenvalue weighted by molar-refractivity contribution is -0.143. The zero-order valence-electron chi connectivity index (χ0n) is 10.6. The number of esters is 2. The molecule has 0 aliphatic heterocycles. The fraction of sp³-hybridized carbons (Fsp3) is 0.800. The first-order valence-corrected chi connectivity index (χ1v) is 7.93. The molecular weight excluding hydrogens is 276 g/mol. The number of carbonyl (C=O) groups is 2. The third-order valence-corrected chi connectivity index (χ3v) is 4.59. The van der Waals surface area contributed by atoms with Gasteiger partial charge in [-0.2, -0.15) is 0 Å². The number of ether oxygens (including phenoxy) is 2. The lowest BCUT2D eigenvalue weighted by Gasteiger charge is -2.09. The number of methoxy groups -OCH3 is 2. The highest BCUT2D eigenvalue weighted by molar-refractivity contribution is 8.76. The topological polar surface area (TPSA) is 105 Å². The van der Waals surface area contributed by atoms with Crippen LogP contribution in [-0.4, -0.2) is 49.7 Å². The van der Waals surface area contributed by atoms with Crippen molar-refractivity contribution in [3.63, 3.8) is 0 Å². The first kappa shape index (κ1) is 17.6. The van der Waals surface area contributed by atoms with E-state index >= 15 is 0 Å². The second kappa shape index (κ2) is 10.5. The largest absolute Gasteiger partial charge is 0.468 e. The molecule has 0 rings (SSSR count). The van der Waals surface area contributed by atoms with Gasteiger partial charge in [0.15, 0.2) is 0 Å². The molecule has 18 heavy (non-hydrogen) atoms. The Morgan fingerprint density at radius 2 is 1.28 bits per heavy atom. The van der Waals surface area contributed by atoms with Gasteiger partial charge in [0.25, 0.3) is 0 Å². The molecule has 0 aromatic heterocycles. The SMILES string of the molecule is COC(=O)[C@@H](N)CCSSCC[C@H](N)C(=O)OC. The Bertz CT molecular complexity index is 240. The van der Waals surface area contributed by atoms with Gasteiger partial charge in [-0.25, -0.2) is 0 Å². The van der Waals surface area contributed by atoms with Crippen molar-refractivity contribution in [2.24, 2.45) is 11.5 Å². The molecule has 6 nitrogen and oxygen atoms in total. The van der Waals surface area contributed by atoms with Crippen molar-refractivity contribution in [3.8, 4) is 0 Å². The van der Waals surface area contributed by atoms with Crippen LogP contribution in [0.15, 0.2) is 0 Å². The highest BCUT2D eigenvalue weighted by atomic mass is 33.1. The second-order valence-corrected chi connectivity index (χ2v) is 6.18. The Hall–Kier alpha value is -0.440. The van der Waals surface area contributed by atoms with Crippen LogP contribution in [0.25, 0.3) is 0 Å². The first-order chi connectivity index (χ1) is 8.52. The highest BCUT2D eigenvalue weighted by Crippen LogP contribution is 2.23. The van der Waals surface area contributed by atoms with Crippen LogP contribution in [0.1, 0.15) is 12.8 Å². The monoisotopic (exact) mass is 296 g/mol. The molecule has 106 valence electrons. The molecule has 0 fully saturated rings. The van der Waals surface area contributed by atoms with Gasteiger partial charge in [-0.1, -0.05) is 21.6 Å². The fourth-order valence-electron chi connectivity index (χ4n) is 1.01. The van der Waals surface area contributed by atoms with E-state index in [9.17, 15) is 9.59 Å². The van der Waals surface area contributed by atoms with Crippen molar-refractivity contribution in [2.75, 3.05) is 25.7 Å². The zero-order valence-corrected chi connectivity index (χ0v) is 12.2. The summed E-state index contributed by atoms with van der Waals surface area (Å²) < 4.78 is 9.02. The van der Waals surface area contributed by atoms with Crippen LogP contribution >= 0.6 is 21.6 Å². The summed E-state index contributed by atoms with van der Waals surface area (Å²) in [4.78, 5) is 22.0. The summed E-state index contributed by atoms with van der Waals surface area (Å²) in [6.07, 6.45) is 1.13. The van der Waals surface area contributed by atoms with Crippen molar-refractivity contribution >= 4 is 33.5 Å². The summed E-state index contributed by atoms with van der Waals surface area (Å²) in [5.74, 6) is 0.699. The van der Waals surface area contributed by atoms with Gasteiger partial charge in [0.1, 0.15) is 12.1 Å². The molecule has 8 heteroatoms. The van der Waals surface area contributed by atoms with Crippen molar-refractivity contribution in [1.29, 1.82) is 0 Å². The van der Waals surface area contributed by atoms with E-state index in [1.807, 2.05) is 0 Å². The number of carbonyl (C=O) groups excluding carboxylic acids is 2. The fourth-order valence-corrected chi connectivity index (χ4v) is 3.23. The van der Waals surface area contributed by atoms with Gasteiger partial charge >= 0.3 is 11.9 Å². The van der Waals surface area contributed by atoms with E-state index in [2.05, 4.69) is 9.47 Å². The number of rotatable bonds is 9. The quantitative estimate of drug-likeness (QED) is 0.352. The summed E-state index contributed by atoms with van der Waals surface area (Å²) in [6.45, 7) is 0. The zero-order chi connectivity index (χ0) is 14.0. The van der Waals surface area contributed by atoms with E-state index in [4.69, 9.17) is 11.5 Å². The van der Waals surface area contributed by atoms with Gasteiger partial charge in [0.05, 0.1) is 14.2 Å². The third-order valence-electron chi connectivity index (χ3n) is 2.12. The van der Waals surface area contributed by atoms with Gasteiger partial charge in [-0.3, -0.25) is 9.59 Å². The lowest BCUT2D eigenvalue weighted by atomic mass is 10.2. The van der Waals surface area contributed by atoms with Gasteiger partial charge in [0, 0.05) is 11.5 Å². The summed E-state index contributed by atoms with van der Waals surface area (Å²) in [5, 5.41) is 0. The smallest absolute Gasteiger partial charge is 0.322 e. The van der Waals surface area contributed by atoms with E-state index < -0.39 is 24.0 Å². The average Bonchev–Trinajstić information content (AvgIpc) is 2.39. The average molecular weight is 296 g/mol. The van der Waals surface area contributed by atoms with Crippen LogP contribution in [0.5, 0.6) is 0 Å². The highest BCUT2D eigenvalue weighted by Gasteiger charge is 2.14. The van der Waals surface area contributed by atoms with Crippen LogP contribution in [0.4, 0.5) is 0 Å². The Morgan fingerprint density at radius 3 is 1.56 bits per heavy atom. The molecular formula is C10H20N2O4S2. The molecule has 0 aliphatic rings. The maximum absolute atomic E-state index is 11.0. The van der Waals surface area contributed by atoms with Crippen molar-refractivity contribution in [1.82, 2.24) is 0 Å². The van der Waals surface area contributed by atoms with Crippen LogP contribution < -0.4 is 11.5 Å². The summed E-state index contributed by atoms with van der Waals surface area (Å²) >= 11 is 0. The molecule has 0 bridgehead atoms. The van der Waals surface area contributed by atoms with E-state index in [0.717, 1.165) is 11.5 Å². The van der Waals surface area contributed by atoms with Crippen molar-refractivity contribution < 1.29 is 19.1 Å². The van der Waals surface area contributed by atoms with Gasteiger partial charge in [-0.05, 0) is 12.8 Å². The van der Waals surface area contributed by atoms with E-state index in [1.165, 1.54) is 14.2 Å². The molecule has 0 saturated carbocycles. The Kier molecular flexibility index (Phi) is 10.2. The molecule has 4 N–H and O–H groups in total. The predicted molar refractivity (Wildman–Crippen MR) is 74.1 cm³/mol. The van der Waals surface area contributed by atoms with Crippen molar-refractivity contribution in [3.05, 3.63) is 0 Å². The number of nitrogens with two attached hydrogens (primary N) is 2. The van der Waals surface area contributed by atoms with Crippen LogP contribution in [0.2, 0.25) is 0 Å². The van der Waals surface area contributed by atoms with E-state index in [-0.39, 0.29) is 0 Å². The van der Waals surface area contributed by atoms with E-state index in [1.54, 1.807) is 21.6 Å². The van der Waals surface area contributed by atoms with E-state index in [0.29, 0.717) is 12.8 Å². The van der Waals surface area contributed by atoms with Crippen LogP contribution in [0.3, 0.4) is 0 Å². The first-order valence-electron chi connectivity index (χ1n) is 5.44. The Morgan fingerprint density at radius 1 is 0.944 bits per heavy atom. The maximum atomic E-state index is 11.0. The standard InChI is InChI=1S/C10H20N2O4S2/c1-15-9(13)7(11)3-5-17-18-6-4-8(12)10(14)16-2/h7-8H,3-6,11-12H2,1-2H3/t7-,8-/m0/s1. The van der Waals surface area contributed by atoms with Gasteiger partial charge < -0.3 is 20.9 Å². The summed E-state index contributed by atoms with van der Waals surface area (Å²) in [7, 11) is 5.82. The Labute approximate surface area is 115 Å². The van der Waals surface area contributed by atoms with Crippen molar-refractivity contribution in [2.45, 2.75) is 24.9 Å². The maximum Gasteiger partial charge on any atom is 0.322 e. The minimum Gasteiger partial charge on any atom is -0.468 e. The minimum atomic E-state index is -0.569. The molecule has 0 heterocycles.